The van der Waals surface area contributed by atoms with Crippen molar-refractivity contribution in [2.24, 2.45) is 0 Å². The Morgan fingerprint density at radius 2 is 2.00 bits per heavy atom. The Morgan fingerprint density at radius 1 is 1.33 bits per heavy atom. The maximum absolute atomic E-state index is 12.2. The SMILES string of the molecule is O=S([O-])N(CF)CCCc1ccccc1. The van der Waals surface area contributed by atoms with Gasteiger partial charge in [-0.15, -0.1) is 0 Å². The Morgan fingerprint density at radius 3 is 2.53 bits per heavy atom. The van der Waals surface area contributed by atoms with E-state index >= 15 is 0 Å². The highest BCUT2D eigenvalue weighted by atomic mass is 32.2. The molecule has 0 amide bonds. The van der Waals surface area contributed by atoms with Crippen LogP contribution in [0.25, 0.3) is 0 Å². The molecular weight excluding hydrogens is 217 g/mol. The summed E-state index contributed by atoms with van der Waals surface area (Å²) >= 11 is -2.45. The van der Waals surface area contributed by atoms with Crippen molar-refractivity contribution < 1.29 is 13.2 Å². The van der Waals surface area contributed by atoms with Gasteiger partial charge < -0.3 is 4.55 Å². The summed E-state index contributed by atoms with van der Waals surface area (Å²) in [5.41, 5.74) is 1.13. The van der Waals surface area contributed by atoms with Gasteiger partial charge in [0.2, 0.25) is 0 Å². The van der Waals surface area contributed by atoms with Gasteiger partial charge in [0.25, 0.3) is 0 Å². The Bertz CT molecular complexity index is 308. The standard InChI is InChI=1S/C10H14FNO2S/c11-9-12(15(13)14)8-4-7-10-5-2-1-3-6-10/h1-3,5-6H,4,7-9H2,(H,13,14)/p-1. The molecule has 0 spiro atoms. The first-order valence-corrected chi connectivity index (χ1v) is 5.71. The summed E-state index contributed by atoms with van der Waals surface area (Å²) in [6.45, 7) is -0.730. The van der Waals surface area contributed by atoms with Crippen LogP contribution in [0.4, 0.5) is 4.39 Å². The van der Waals surface area contributed by atoms with Gasteiger partial charge in [0.1, 0.15) is 0 Å². The molecule has 0 aliphatic rings. The van der Waals surface area contributed by atoms with E-state index in [9.17, 15) is 13.2 Å². The molecule has 0 aliphatic carbocycles. The zero-order valence-electron chi connectivity index (χ0n) is 8.27. The van der Waals surface area contributed by atoms with Crippen LogP contribution in [0.5, 0.6) is 0 Å². The van der Waals surface area contributed by atoms with Gasteiger partial charge in [-0.3, -0.25) is 4.21 Å². The smallest absolute Gasteiger partial charge is 0.152 e. The predicted molar refractivity (Wildman–Crippen MR) is 56.4 cm³/mol. The highest BCUT2D eigenvalue weighted by molar-refractivity contribution is 7.76. The average molecular weight is 230 g/mol. The van der Waals surface area contributed by atoms with E-state index in [0.29, 0.717) is 6.42 Å². The second-order valence-corrected chi connectivity index (χ2v) is 4.08. The van der Waals surface area contributed by atoms with E-state index in [1.54, 1.807) is 0 Å². The lowest BCUT2D eigenvalue weighted by Gasteiger charge is -2.19. The highest BCUT2D eigenvalue weighted by Crippen LogP contribution is 2.04. The molecule has 0 aromatic heterocycles. The summed E-state index contributed by atoms with van der Waals surface area (Å²) in [4.78, 5) is 0. The molecule has 0 heterocycles. The van der Waals surface area contributed by atoms with Crippen LogP contribution in [0, 0.1) is 0 Å². The van der Waals surface area contributed by atoms with Gasteiger partial charge >= 0.3 is 0 Å². The van der Waals surface area contributed by atoms with Crippen molar-refractivity contribution in [2.45, 2.75) is 12.8 Å². The minimum atomic E-state index is -2.45. The van der Waals surface area contributed by atoms with Gasteiger partial charge in [-0.05, 0) is 18.4 Å². The number of rotatable bonds is 6. The number of nitrogens with zero attached hydrogens (tertiary/aromatic N) is 1. The molecule has 1 aromatic rings. The van der Waals surface area contributed by atoms with Gasteiger partial charge in [0, 0.05) is 17.8 Å². The first-order valence-electron chi connectivity index (χ1n) is 4.68. The number of alkyl halides is 1. The molecule has 1 rings (SSSR count). The first kappa shape index (κ1) is 12.3. The van der Waals surface area contributed by atoms with Crippen molar-refractivity contribution >= 4 is 11.3 Å². The summed E-state index contributed by atoms with van der Waals surface area (Å²) < 4.78 is 33.9. The molecule has 5 heteroatoms. The molecule has 15 heavy (non-hydrogen) atoms. The van der Waals surface area contributed by atoms with Crippen molar-refractivity contribution in [1.29, 1.82) is 0 Å². The van der Waals surface area contributed by atoms with E-state index in [1.165, 1.54) is 0 Å². The Balaban J connectivity index is 2.30. The van der Waals surface area contributed by atoms with E-state index in [0.717, 1.165) is 16.3 Å². The molecule has 1 aromatic carbocycles. The van der Waals surface area contributed by atoms with Crippen molar-refractivity contribution in [2.75, 3.05) is 13.3 Å². The van der Waals surface area contributed by atoms with Crippen LogP contribution in [0.2, 0.25) is 0 Å². The van der Waals surface area contributed by atoms with Gasteiger partial charge in [-0.25, -0.2) is 8.70 Å². The van der Waals surface area contributed by atoms with Gasteiger partial charge in [0.15, 0.2) is 6.80 Å². The van der Waals surface area contributed by atoms with E-state index in [2.05, 4.69) is 0 Å². The van der Waals surface area contributed by atoms with Gasteiger partial charge in [-0.1, -0.05) is 30.3 Å². The number of benzene rings is 1. The van der Waals surface area contributed by atoms with Gasteiger partial charge in [0.05, 0.1) is 0 Å². The van der Waals surface area contributed by atoms with Crippen molar-refractivity contribution in [3.63, 3.8) is 0 Å². The monoisotopic (exact) mass is 230 g/mol. The first-order chi connectivity index (χ1) is 7.24. The van der Waals surface area contributed by atoms with Crippen molar-refractivity contribution in [3.8, 4) is 0 Å². The number of hydrogen-bond acceptors (Lipinski definition) is 2. The lowest BCUT2D eigenvalue weighted by Crippen LogP contribution is -2.26. The third kappa shape index (κ3) is 4.51. The molecular formula is C10H13FNO2S-. The molecule has 3 nitrogen and oxygen atoms in total. The molecule has 0 fully saturated rings. The number of hydrogen-bond donors (Lipinski definition) is 0. The van der Waals surface area contributed by atoms with E-state index in [4.69, 9.17) is 0 Å². The molecule has 0 saturated carbocycles. The topological polar surface area (TPSA) is 43.4 Å². The third-order valence-corrected chi connectivity index (χ3v) is 2.76. The second-order valence-electron chi connectivity index (χ2n) is 3.13. The van der Waals surface area contributed by atoms with Crippen molar-refractivity contribution in [3.05, 3.63) is 35.9 Å². The Kier molecular flexibility index (Phi) is 5.45. The third-order valence-electron chi connectivity index (χ3n) is 2.06. The molecule has 1 unspecified atom stereocenters. The number of halogens is 1. The quantitative estimate of drug-likeness (QED) is 0.551. The van der Waals surface area contributed by atoms with Crippen LogP contribution in [0.15, 0.2) is 30.3 Å². The highest BCUT2D eigenvalue weighted by Gasteiger charge is 2.03. The Labute approximate surface area is 91.3 Å². The summed E-state index contributed by atoms with van der Waals surface area (Å²) in [5, 5.41) is 0. The summed E-state index contributed by atoms with van der Waals surface area (Å²) in [5.74, 6) is 0. The minimum Gasteiger partial charge on any atom is -0.760 e. The van der Waals surface area contributed by atoms with Crippen LogP contribution in [-0.2, 0) is 17.7 Å². The van der Waals surface area contributed by atoms with Crippen LogP contribution in [0.3, 0.4) is 0 Å². The normalized spacial score (nSPS) is 13.0. The zero-order chi connectivity index (χ0) is 11.1. The molecule has 0 N–H and O–H groups in total. The summed E-state index contributed by atoms with van der Waals surface area (Å²) in [6.07, 6.45) is 1.39. The van der Waals surface area contributed by atoms with E-state index < -0.39 is 18.1 Å². The molecule has 0 bridgehead atoms. The molecule has 0 radical (unpaired) electrons. The van der Waals surface area contributed by atoms with Crippen LogP contribution < -0.4 is 0 Å². The molecule has 0 saturated heterocycles. The van der Waals surface area contributed by atoms with Gasteiger partial charge in [-0.2, -0.15) is 0 Å². The maximum atomic E-state index is 12.2. The van der Waals surface area contributed by atoms with Crippen LogP contribution in [-0.4, -0.2) is 26.4 Å². The largest absolute Gasteiger partial charge is 0.760 e. The molecule has 1 atom stereocenters. The fourth-order valence-electron chi connectivity index (χ4n) is 1.28. The summed E-state index contributed by atoms with van der Waals surface area (Å²) in [7, 11) is 0. The zero-order valence-corrected chi connectivity index (χ0v) is 9.08. The lowest BCUT2D eigenvalue weighted by atomic mass is 10.1. The average Bonchev–Trinajstić information content (AvgIpc) is 2.25. The minimum absolute atomic E-state index is 0.224. The maximum Gasteiger partial charge on any atom is 0.152 e. The lowest BCUT2D eigenvalue weighted by molar-refractivity contribution is 0.278. The molecule has 84 valence electrons. The predicted octanol–water partition coefficient (Wildman–Crippen LogP) is 1.64. The fraction of sp³-hybridized carbons (Fsp3) is 0.400. The fourth-order valence-corrected chi connectivity index (χ4v) is 1.64. The van der Waals surface area contributed by atoms with E-state index in [1.807, 2.05) is 30.3 Å². The Hall–Kier alpha value is -0.780. The van der Waals surface area contributed by atoms with Crippen LogP contribution >= 0.6 is 0 Å². The van der Waals surface area contributed by atoms with Crippen LogP contribution in [0.1, 0.15) is 12.0 Å². The number of aryl methyl sites for hydroxylation is 1. The molecule has 0 aliphatic heterocycles. The van der Waals surface area contributed by atoms with E-state index in [-0.39, 0.29) is 6.54 Å². The second kappa shape index (κ2) is 6.66. The van der Waals surface area contributed by atoms with Crippen molar-refractivity contribution in [1.82, 2.24) is 4.31 Å². The summed E-state index contributed by atoms with van der Waals surface area (Å²) in [6, 6.07) is 9.70.